The van der Waals surface area contributed by atoms with Crippen LogP contribution in [0, 0.1) is 11.7 Å². The lowest BCUT2D eigenvalue weighted by Crippen LogP contribution is -2.45. The first kappa shape index (κ1) is 20.9. The lowest BCUT2D eigenvalue weighted by molar-refractivity contribution is -0.125. The van der Waals surface area contributed by atoms with E-state index < -0.39 is 11.7 Å². The van der Waals surface area contributed by atoms with Crippen molar-refractivity contribution in [3.8, 4) is 5.75 Å². The zero-order valence-corrected chi connectivity index (χ0v) is 17.0. The highest BCUT2D eigenvalue weighted by Crippen LogP contribution is 2.23. The third-order valence-electron chi connectivity index (χ3n) is 5.65. The van der Waals surface area contributed by atoms with Gasteiger partial charge in [-0.05, 0) is 43.5 Å². The average molecular weight is 428 g/mol. The zero-order chi connectivity index (χ0) is 21.8. The fraction of sp³-hybridized carbons (Fsp3) is 0.409. The molecule has 0 radical (unpaired) electrons. The van der Waals surface area contributed by atoms with Crippen molar-refractivity contribution in [1.29, 1.82) is 0 Å². The number of halogens is 1. The first-order chi connectivity index (χ1) is 15.0. The largest absolute Gasteiger partial charge is 0.493 e. The highest BCUT2D eigenvalue weighted by Gasteiger charge is 2.32. The molecule has 8 nitrogen and oxygen atoms in total. The number of amides is 3. The number of nitrogens with zero attached hydrogens (tertiary/aromatic N) is 1. The first-order valence-electron chi connectivity index (χ1n) is 10.4. The molecule has 2 bridgehead atoms. The zero-order valence-electron chi connectivity index (χ0n) is 17.0. The minimum absolute atomic E-state index is 0.113. The van der Waals surface area contributed by atoms with Crippen LogP contribution in [0.3, 0.4) is 0 Å². The van der Waals surface area contributed by atoms with Crippen molar-refractivity contribution in [3.63, 3.8) is 0 Å². The van der Waals surface area contributed by atoms with E-state index in [1.54, 1.807) is 23.4 Å². The van der Waals surface area contributed by atoms with E-state index in [1.807, 2.05) is 0 Å². The van der Waals surface area contributed by atoms with Crippen LogP contribution in [0.25, 0.3) is 0 Å². The Labute approximate surface area is 179 Å². The molecule has 1 saturated heterocycles. The molecule has 0 saturated carbocycles. The molecule has 0 spiro atoms. The summed E-state index contributed by atoms with van der Waals surface area (Å²) < 4.78 is 19.5. The number of carbonyl (C=O) groups is 3. The van der Waals surface area contributed by atoms with Crippen molar-refractivity contribution in [2.45, 2.75) is 25.3 Å². The number of aromatic nitrogens is 1. The van der Waals surface area contributed by atoms with Crippen LogP contribution in [-0.4, -0.2) is 59.9 Å². The summed E-state index contributed by atoms with van der Waals surface area (Å²) in [7, 11) is 0. The van der Waals surface area contributed by atoms with Crippen LogP contribution in [0.4, 0.5) is 4.39 Å². The Hall–Kier alpha value is -3.36. The highest BCUT2D eigenvalue weighted by atomic mass is 19.1. The molecule has 3 amide bonds. The van der Waals surface area contributed by atoms with Gasteiger partial charge in [-0.3, -0.25) is 14.4 Å². The molecule has 9 heteroatoms. The van der Waals surface area contributed by atoms with Crippen molar-refractivity contribution in [2.75, 3.05) is 26.2 Å². The third-order valence-corrected chi connectivity index (χ3v) is 5.65. The van der Waals surface area contributed by atoms with E-state index >= 15 is 0 Å². The van der Waals surface area contributed by atoms with Crippen molar-refractivity contribution in [3.05, 3.63) is 53.6 Å². The van der Waals surface area contributed by atoms with E-state index in [0.717, 1.165) is 6.07 Å². The van der Waals surface area contributed by atoms with Gasteiger partial charge in [0.2, 0.25) is 5.91 Å². The van der Waals surface area contributed by atoms with Gasteiger partial charge in [0.25, 0.3) is 11.8 Å². The predicted molar refractivity (Wildman–Crippen MR) is 110 cm³/mol. The normalized spacial score (nSPS) is 22.4. The Morgan fingerprint density at radius 2 is 2.03 bits per heavy atom. The lowest BCUT2D eigenvalue weighted by atomic mass is 10.0. The SMILES string of the molecule is O=C1N[C@@H]2CC[C@@H](CN(C(=O)c3cc[nH]c3)C2)C(=O)NCCCOc2ccc(F)cc21. The molecule has 2 atom stereocenters. The van der Waals surface area contributed by atoms with Crippen molar-refractivity contribution < 1.29 is 23.5 Å². The molecule has 3 N–H and O–H groups in total. The Kier molecular flexibility index (Phi) is 6.20. The second-order valence-electron chi connectivity index (χ2n) is 7.89. The molecule has 0 aliphatic carbocycles. The number of hydrogen-bond donors (Lipinski definition) is 3. The molecule has 2 aliphatic rings. The number of H-pyrrole nitrogens is 1. The number of nitrogens with one attached hydrogen (secondary N) is 3. The number of carbonyl (C=O) groups excluding carboxylic acids is 3. The molecule has 4 rings (SSSR count). The molecule has 31 heavy (non-hydrogen) atoms. The summed E-state index contributed by atoms with van der Waals surface area (Å²) in [6, 6.07) is 5.12. The topological polar surface area (TPSA) is 104 Å². The Morgan fingerprint density at radius 1 is 1.16 bits per heavy atom. The van der Waals surface area contributed by atoms with Crippen LogP contribution in [-0.2, 0) is 4.79 Å². The summed E-state index contributed by atoms with van der Waals surface area (Å²) >= 11 is 0. The van der Waals surface area contributed by atoms with Gasteiger partial charge in [-0.2, -0.15) is 0 Å². The number of fused-ring (bicyclic) bond motifs is 4. The van der Waals surface area contributed by atoms with E-state index in [9.17, 15) is 18.8 Å². The van der Waals surface area contributed by atoms with E-state index in [0.29, 0.717) is 31.4 Å². The van der Waals surface area contributed by atoms with Gasteiger partial charge in [0.15, 0.2) is 0 Å². The van der Waals surface area contributed by atoms with Crippen LogP contribution < -0.4 is 15.4 Å². The van der Waals surface area contributed by atoms with Crippen molar-refractivity contribution in [1.82, 2.24) is 20.5 Å². The maximum atomic E-state index is 13.8. The molecule has 1 aromatic carbocycles. The number of hydrogen-bond acceptors (Lipinski definition) is 4. The average Bonchev–Trinajstić information content (AvgIpc) is 3.21. The second-order valence-corrected chi connectivity index (χ2v) is 7.89. The number of benzene rings is 1. The van der Waals surface area contributed by atoms with Gasteiger partial charge in [0, 0.05) is 38.1 Å². The molecule has 1 aromatic heterocycles. The highest BCUT2D eigenvalue weighted by molar-refractivity contribution is 5.97. The van der Waals surface area contributed by atoms with Gasteiger partial charge < -0.3 is 25.3 Å². The summed E-state index contributed by atoms with van der Waals surface area (Å²) in [6.45, 7) is 1.21. The fourth-order valence-electron chi connectivity index (χ4n) is 4.01. The molecule has 164 valence electrons. The van der Waals surface area contributed by atoms with Gasteiger partial charge >= 0.3 is 0 Å². The lowest BCUT2D eigenvalue weighted by Gasteiger charge is -2.26. The maximum Gasteiger partial charge on any atom is 0.255 e. The predicted octanol–water partition coefficient (Wildman–Crippen LogP) is 1.70. The second kappa shape index (κ2) is 9.20. The summed E-state index contributed by atoms with van der Waals surface area (Å²) in [5.41, 5.74) is 0.607. The Morgan fingerprint density at radius 3 is 2.84 bits per heavy atom. The quantitative estimate of drug-likeness (QED) is 0.643. The number of rotatable bonds is 1. The van der Waals surface area contributed by atoms with Crippen LogP contribution in [0.2, 0.25) is 0 Å². The van der Waals surface area contributed by atoms with Crippen molar-refractivity contribution >= 4 is 17.7 Å². The van der Waals surface area contributed by atoms with Crippen LogP contribution >= 0.6 is 0 Å². The minimum Gasteiger partial charge on any atom is -0.493 e. The van der Waals surface area contributed by atoms with E-state index in [1.165, 1.54) is 12.1 Å². The van der Waals surface area contributed by atoms with Gasteiger partial charge in [0.1, 0.15) is 11.6 Å². The van der Waals surface area contributed by atoms with Gasteiger partial charge in [-0.25, -0.2) is 4.39 Å². The summed E-state index contributed by atoms with van der Waals surface area (Å²) in [4.78, 5) is 43.1. The fourth-order valence-corrected chi connectivity index (χ4v) is 4.01. The summed E-state index contributed by atoms with van der Waals surface area (Å²) in [5, 5.41) is 5.82. The summed E-state index contributed by atoms with van der Waals surface area (Å²) in [5.74, 6) is -1.41. The molecular weight excluding hydrogens is 403 g/mol. The third kappa shape index (κ3) is 4.87. The number of aromatic amines is 1. The molecule has 0 unspecified atom stereocenters. The monoisotopic (exact) mass is 428 g/mol. The van der Waals surface area contributed by atoms with E-state index in [4.69, 9.17) is 4.74 Å². The van der Waals surface area contributed by atoms with E-state index in [2.05, 4.69) is 15.6 Å². The number of ether oxygens (including phenoxy) is 1. The molecule has 2 aromatic rings. The maximum absolute atomic E-state index is 13.8. The van der Waals surface area contributed by atoms with Gasteiger partial charge in [-0.15, -0.1) is 0 Å². The Bertz CT molecular complexity index is 962. The van der Waals surface area contributed by atoms with Crippen molar-refractivity contribution in [2.24, 2.45) is 5.92 Å². The minimum atomic E-state index is -0.531. The van der Waals surface area contributed by atoms with Gasteiger partial charge in [-0.1, -0.05) is 0 Å². The van der Waals surface area contributed by atoms with Crippen LogP contribution in [0.15, 0.2) is 36.7 Å². The molecular formula is C22H25FN4O4. The van der Waals surface area contributed by atoms with E-state index in [-0.39, 0.29) is 54.8 Å². The first-order valence-corrected chi connectivity index (χ1v) is 10.4. The smallest absolute Gasteiger partial charge is 0.255 e. The van der Waals surface area contributed by atoms with Gasteiger partial charge in [0.05, 0.1) is 23.7 Å². The summed E-state index contributed by atoms with van der Waals surface area (Å²) in [6.07, 6.45) is 4.85. The standard InChI is InChI=1S/C22H25FN4O4/c23-16-3-5-19-18(10-16)21(29)26-17-4-2-15(20(28)25-7-1-9-31-19)12-27(13-17)22(30)14-6-8-24-11-14/h3,5-6,8,10-11,15,17,24H,1-2,4,7,9,12-13H2,(H,25,28)(H,26,29)/t15-,17+/m0/s1. The molecule has 2 aliphatic heterocycles. The molecule has 1 fully saturated rings. The Balaban J connectivity index is 1.63. The molecule has 3 heterocycles. The van der Waals surface area contributed by atoms with Crippen LogP contribution in [0.5, 0.6) is 5.75 Å². The van der Waals surface area contributed by atoms with Crippen LogP contribution in [0.1, 0.15) is 40.0 Å². The number of likely N-dealkylation sites (tertiary alicyclic amines) is 1.